The number of rotatable bonds is 4. The van der Waals surface area contributed by atoms with Crippen LogP contribution in [0.25, 0.3) is 10.8 Å². The average Bonchev–Trinajstić information content (AvgIpc) is 2.94. The van der Waals surface area contributed by atoms with E-state index in [0.717, 1.165) is 33.9 Å². The second-order valence-electron chi connectivity index (χ2n) is 7.12. The summed E-state index contributed by atoms with van der Waals surface area (Å²) in [6, 6.07) is 15.2. The van der Waals surface area contributed by atoms with Crippen molar-refractivity contribution in [3.05, 3.63) is 77.9 Å². The summed E-state index contributed by atoms with van der Waals surface area (Å²) in [6.45, 7) is 0.877. The average molecular weight is 409 g/mol. The van der Waals surface area contributed by atoms with Crippen molar-refractivity contribution in [2.45, 2.75) is 12.5 Å². The Kier molecular flexibility index (Phi) is 4.69. The first-order chi connectivity index (χ1) is 14.3. The van der Waals surface area contributed by atoms with Gasteiger partial charge in [0.15, 0.2) is 0 Å². The van der Waals surface area contributed by atoms with E-state index in [1.807, 2.05) is 30.3 Å². The zero-order valence-electron chi connectivity index (χ0n) is 15.9. The molecular weight excluding hydrogens is 392 g/mol. The highest BCUT2D eigenvalue weighted by Gasteiger charge is 2.50. The number of carbonyl (C=O) groups excluding carboxylic acids is 3. The Morgan fingerprint density at radius 2 is 1.63 bits per heavy atom. The highest BCUT2D eigenvalue weighted by atomic mass is 19.1. The predicted octanol–water partition coefficient (Wildman–Crippen LogP) is 3.52. The number of benzene rings is 3. The van der Waals surface area contributed by atoms with Crippen LogP contribution < -0.4 is 10.6 Å². The fraction of sp³-hybridized carbons (Fsp3) is 0.136. The van der Waals surface area contributed by atoms with Crippen LogP contribution in [0.2, 0.25) is 0 Å². The molecule has 0 bridgehead atoms. The van der Waals surface area contributed by atoms with E-state index >= 15 is 0 Å². The van der Waals surface area contributed by atoms with Crippen molar-refractivity contribution in [1.82, 2.24) is 10.2 Å². The number of hydrogen-bond acceptors (Lipinski definition) is 3. The standard InChI is InChI=1S/C22H17F2N3O3/c1-22(15-9-4-7-13-6-2-3-8-14(13)15)20(29)27(21(30)26-22)12-18(28)25-19-16(23)10-5-11-17(19)24/h2-11H,12H2,1H3,(H,25,28)(H,26,30)/t22-/m1/s1. The third-order valence-electron chi connectivity index (χ3n) is 5.13. The Morgan fingerprint density at radius 3 is 2.37 bits per heavy atom. The minimum Gasteiger partial charge on any atom is -0.320 e. The van der Waals surface area contributed by atoms with Crippen molar-refractivity contribution in [3.8, 4) is 0 Å². The van der Waals surface area contributed by atoms with Crippen LogP contribution in [-0.4, -0.2) is 29.3 Å². The van der Waals surface area contributed by atoms with Gasteiger partial charge in [-0.25, -0.2) is 13.6 Å². The van der Waals surface area contributed by atoms with Crippen LogP contribution >= 0.6 is 0 Å². The van der Waals surface area contributed by atoms with Gasteiger partial charge in [-0.05, 0) is 35.4 Å². The number of carbonyl (C=O) groups is 3. The molecule has 3 aromatic rings. The van der Waals surface area contributed by atoms with E-state index in [9.17, 15) is 23.2 Å². The summed E-state index contributed by atoms with van der Waals surface area (Å²) in [6.07, 6.45) is 0. The molecule has 4 amide bonds. The second-order valence-corrected chi connectivity index (χ2v) is 7.12. The smallest absolute Gasteiger partial charge is 0.320 e. The van der Waals surface area contributed by atoms with E-state index in [2.05, 4.69) is 10.6 Å². The van der Waals surface area contributed by atoms with Gasteiger partial charge in [0, 0.05) is 0 Å². The lowest BCUT2D eigenvalue weighted by Gasteiger charge is -2.24. The number of nitrogens with zero attached hydrogens (tertiary/aromatic N) is 1. The minimum atomic E-state index is -1.39. The number of anilines is 1. The number of urea groups is 1. The van der Waals surface area contributed by atoms with Crippen molar-refractivity contribution in [1.29, 1.82) is 0 Å². The van der Waals surface area contributed by atoms with E-state index in [1.54, 1.807) is 19.1 Å². The zero-order chi connectivity index (χ0) is 21.5. The number of fused-ring (bicyclic) bond motifs is 1. The number of amides is 4. The molecule has 8 heteroatoms. The first-order valence-electron chi connectivity index (χ1n) is 9.17. The van der Waals surface area contributed by atoms with Gasteiger partial charge in [-0.3, -0.25) is 14.5 Å². The SMILES string of the molecule is C[C@]1(c2cccc3ccccc23)NC(=O)N(CC(=O)Nc2c(F)cccc2F)C1=O. The first-order valence-corrected chi connectivity index (χ1v) is 9.17. The van der Waals surface area contributed by atoms with E-state index < -0.39 is 47.3 Å². The van der Waals surface area contributed by atoms with Crippen LogP contribution in [0.15, 0.2) is 60.7 Å². The number of nitrogens with one attached hydrogen (secondary N) is 2. The fourth-order valence-electron chi connectivity index (χ4n) is 3.62. The van der Waals surface area contributed by atoms with Gasteiger partial charge in [-0.1, -0.05) is 48.5 Å². The molecule has 2 N–H and O–H groups in total. The van der Waals surface area contributed by atoms with Crippen molar-refractivity contribution in [2.75, 3.05) is 11.9 Å². The van der Waals surface area contributed by atoms with Crippen LogP contribution in [0.1, 0.15) is 12.5 Å². The predicted molar refractivity (Wildman–Crippen MR) is 107 cm³/mol. The molecule has 3 aromatic carbocycles. The molecule has 0 unspecified atom stereocenters. The van der Waals surface area contributed by atoms with Gasteiger partial charge in [0.2, 0.25) is 5.91 Å². The summed E-state index contributed by atoms with van der Waals surface area (Å²) in [5.41, 5.74) is -1.44. The van der Waals surface area contributed by atoms with Crippen LogP contribution in [-0.2, 0) is 15.1 Å². The van der Waals surface area contributed by atoms with Crippen LogP contribution in [0.3, 0.4) is 0 Å². The summed E-state index contributed by atoms with van der Waals surface area (Å²) in [4.78, 5) is 38.7. The highest BCUT2D eigenvalue weighted by Crippen LogP contribution is 2.33. The normalized spacial score (nSPS) is 18.6. The lowest BCUT2D eigenvalue weighted by molar-refractivity contribution is -0.133. The molecular formula is C22H17F2N3O3. The molecule has 1 atom stereocenters. The first kappa shape index (κ1) is 19.5. The molecule has 0 radical (unpaired) electrons. The molecule has 0 spiro atoms. The Balaban J connectivity index is 1.60. The number of imide groups is 1. The molecule has 152 valence electrons. The van der Waals surface area contributed by atoms with Gasteiger partial charge in [0.05, 0.1) is 0 Å². The molecule has 0 saturated carbocycles. The maximum atomic E-state index is 13.8. The minimum absolute atomic E-state index is 0.585. The summed E-state index contributed by atoms with van der Waals surface area (Å²) < 4.78 is 27.5. The molecule has 1 aliphatic rings. The molecule has 1 heterocycles. The monoisotopic (exact) mass is 409 g/mol. The van der Waals surface area contributed by atoms with Crippen LogP contribution in [0.4, 0.5) is 19.3 Å². The van der Waals surface area contributed by atoms with Crippen molar-refractivity contribution >= 4 is 34.3 Å². The summed E-state index contributed by atoms with van der Waals surface area (Å²) >= 11 is 0. The van der Waals surface area contributed by atoms with Gasteiger partial charge in [0.1, 0.15) is 29.4 Å². The third kappa shape index (κ3) is 3.16. The van der Waals surface area contributed by atoms with Crippen molar-refractivity contribution in [2.24, 2.45) is 0 Å². The number of para-hydroxylation sites is 1. The molecule has 0 aliphatic carbocycles. The van der Waals surface area contributed by atoms with E-state index in [-0.39, 0.29) is 0 Å². The Bertz CT molecular complexity index is 1170. The lowest BCUT2D eigenvalue weighted by Crippen LogP contribution is -2.42. The molecule has 1 saturated heterocycles. The molecule has 0 aromatic heterocycles. The fourth-order valence-corrected chi connectivity index (χ4v) is 3.62. The Labute approximate surface area is 170 Å². The number of halogens is 2. The van der Waals surface area contributed by atoms with Crippen molar-refractivity contribution < 1.29 is 23.2 Å². The van der Waals surface area contributed by atoms with Gasteiger partial charge in [-0.2, -0.15) is 0 Å². The maximum Gasteiger partial charge on any atom is 0.325 e. The lowest BCUT2D eigenvalue weighted by atomic mass is 9.88. The quantitative estimate of drug-likeness (QED) is 0.647. The molecule has 6 nitrogen and oxygen atoms in total. The third-order valence-corrected chi connectivity index (χ3v) is 5.13. The van der Waals surface area contributed by atoms with Gasteiger partial charge < -0.3 is 10.6 Å². The Morgan fingerprint density at radius 1 is 1.00 bits per heavy atom. The second kappa shape index (κ2) is 7.22. The van der Waals surface area contributed by atoms with Crippen LogP contribution in [0.5, 0.6) is 0 Å². The Hall–Kier alpha value is -3.81. The van der Waals surface area contributed by atoms with E-state index in [4.69, 9.17) is 0 Å². The van der Waals surface area contributed by atoms with Crippen molar-refractivity contribution in [3.63, 3.8) is 0 Å². The zero-order valence-corrected chi connectivity index (χ0v) is 15.9. The highest BCUT2D eigenvalue weighted by molar-refractivity contribution is 6.11. The van der Waals surface area contributed by atoms with E-state index in [1.165, 1.54) is 0 Å². The largest absolute Gasteiger partial charge is 0.325 e. The summed E-state index contributed by atoms with van der Waals surface area (Å²) in [5.74, 6) is -3.44. The van der Waals surface area contributed by atoms with Gasteiger partial charge in [-0.15, -0.1) is 0 Å². The van der Waals surface area contributed by atoms with Crippen LogP contribution in [0, 0.1) is 11.6 Å². The molecule has 1 fully saturated rings. The molecule has 1 aliphatic heterocycles. The topological polar surface area (TPSA) is 78.5 Å². The summed E-state index contributed by atoms with van der Waals surface area (Å²) in [7, 11) is 0. The molecule has 30 heavy (non-hydrogen) atoms. The summed E-state index contributed by atoms with van der Waals surface area (Å²) in [5, 5.41) is 6.40. The van der Waals surface area contributed by atoms with Gasteiger partial charge in [0.25, 0.3) is 5.91 Å². The molecule has 4 rings (SSSR count). The van der Waals surface area contributed by atoms with Gasteiger partial charge >= 0.3 is 6.03 Å². The maximum absolute atomic E-state index is 13.8. The van der Waals surface area contributed by atoms with E-state index in [0.29, 0.717) is 5.56 Å². The number of hydrogen-bond donors (Lipinski definition) is 2.